The molecule has 1 aromatic carbocycles. The average Bonchev–Trinajstić information content (AvgIpc) is 3.33. The summed E-state index contributed by atoms with van der Waals surface area (Å²) in [5.41, 5.74) is 1.08. The van der Waals surface area contributed by atoms with Crippen LogP contribution in [0.5, 0.6) is 0 Å². The third-order valence-corrected chi connectivity index (χ3v) is 5.27. The summed E-state index contributed by atoms with van der Waals surface area (Å²) >= 11 is 1.54. The number of para-hydroxylation sites is 1. The second-order valence-electron chi connectivity index (χ2n) is 5.90. The third-order valence-electron chi connectivity index (χ3n) is 4.20. The lowest BCUT2D eigenvalue weighted by molar-refractivity contribution is 0.102. The molecule has 1 saturated heterocycles. The molecule has 2 N–H and O–H groups in total. The second-order valence-corrected chi connectivity index (χ2v) is 6.96. The van der Waals surface area contributed by atoms with Crippen LogP contribution in [0, 0.1) is 0 Å². The van der Waals surface area contributed by atoms with Crippen LogP contribution >= 0.6 is 11.3 Å². The van der Waals surface area contributed by atoms with Crippen molar-refractivity contribution in [3.63, 3.8) is 0 Å². The van der Waals surface area contributed by atoms with Gasteiger partial charge >= 0.3 is 0 Å². The molecular weight excluding hydrogens is 336 g/mol. The maximum atomic E-state index is 12.4. The van der Waals surface area contributed by atoms with Crippen LogP contribution in [0.25, 0.3) is 5.69 Å². The molecule has 0 aliphatic carbocycles. The molecule has 3 heterocycles. The Balaban J connectivity index is 1.44. The molecule has 0 bridgehead atoms. The van der Waals surface area contributed by atoms with Gasteiger partial charge in [-0.15, -0.1) is 16.4 Å². The standard InChI is InChI=1S/C17H18N6OS/c24-16(14-10-20-23(22-14)13-4-2-1-3-5-13)21-17-19-11-15(25-17)12-6-8-18-9-7-12/h1-5,10-12,18H,6-9H2,(H,19,21,24). The minimum absolute atomic E-state index is 0.266. The lowest BCUT2D eigenvalue weighted by Gasteiger charge is -2.20. The SMILES string of the molecule is O=C(Nc1ncc(C2CCNCC2)s1)c1cnn(-c2ccccc2)n1. The molecule has 0 atom stereocenters. The molecular formula is C17H18N6OS. The van der Waals surface area contributed by atoms with Crippen LogP contribution in [-0.4, -0.2) is 39.0 Å². The van der Waals surface area contributed by atoms with Crippen molar-refractivity contribution in [1.82, 2.24) is 25.3 Å². The number of benzene rings is 1. The summed E-state index contributed by atoms with van der Waals surface area (Å²) < 4.78 is 0. The molecule has 2 aromatic heterocycles. The van der Waals surface area contributed by atoms with Crippen molar-refractivity contribution in [2.75, 3.05) is 18.4 Å². The van der Waals surface area contributed by atoms with Crippen LogP contribution in [0.2, 0.25) is 0 Å². The van der Waals surface area contributed by atoms with E-state index in [1.165, 1.54) is 27.2 Å². The minimum atomic E-state index is -0.298. The van der Waals surface area contributed by atoms with E-state index in [0.717, 1.165) is 31.6 Å². The first-order valence-electron chi connectivity index (χ1n) is 8.25. The Hall–Kier alpha value is -2.58. The zero-order chi connectivity index (χ0) is 17.1. The van der Waals surface area contributed by atoms with Crippen molar-refractivity contribution < 1.29 is 4.79 Å². The van der Waals surface area contributed by atoms with Crippen LogP contribution < -0.4 is 10.6 Å². The summed E-state index contributed by atoms with van der Waals surface area (Å²) in [4.78, 5) is 19.4. The molecule has 0 spiro atoms. The van der Waals surface area contributed by atoms with E-state index in [4.69, 9.17) is 0 Å². The normalized spacial score (nSPS) is 15.2. The Morgan fingerprint density at radius 3 is 2.80 bits per heavy atom. The van der Waals surface area contributed by atoms with Crippen LogP contribution in [0.4, 0.5) is 5.13 Å². The molecule has 128 valence electrons. The highest BCUT2D eigenvalue weighted by molar-refractivity contribution is 7.15. The van der Waals surface area contributed by atoms with E-state index >= 15 is 0 Å². The van der Waals surface area contributed by atoms with Crippen molar-refractivity contribution in [3.8, 4) is 5.69 Å². The number of aromatic nitrogens is 4. The highest BCUT2D eigenvalue weighted by Gasteiger charge is 2.19. The van der Waals surface area contributed by atoms with Gasteiger partial charge in [0, 0.05) is 11.1 Å². The fourth-order valence-electron chi connectivity index (χ4n) is 2.85. The predicted octanol–water partition coefficient (Wildman–Crippen LogP) is 2.44. The van der Waals surface area contributed by atoms with Gasteiger partial charge < -0.3 is 5.32 Å². The molecule has 0 unspecified atom stereocenters. The van der Waals surface area contributed by atoms with Gasteiger partial charge in [-0.05, 0) is 44.0 Å². The highest BCUT2D eigenvalue weighted by atomic mass is 32.1. The van der Waals surface area contributed by atoms with E-state index in [1.54, 1.807) is 0 Å². The van der Waals surface area contributed by atoms with Gasteiger partial charge in [0.15, 0.2) is 10.8 Å². The summed E-state index contributed by atoms with van der Waals surface area (Å²) in [6.45, 7) is 2.07. The number of carbonyl (C=O) groups excluding carboxylic acids is 1. The number of piperidine rings is 1. The third kappa shape index (κ3) is 3.59. The van der Waals surface area contributed by atoms with Gasteiger partial charge in [-0.2, -0.15) is 9.90 Å². The first kappa shape index (κ1) is 15.9. The number of hydrogen-bond donors (Lipinski definition) is 2. The summed E-state index contributed by atoms with van der Waals surface area (Å²) in [7, 11) is 0. The number of amides is 1. The fourth-order valence-corrected chi connectivity index (χ4v) is 3.83. The van der Waals surface area contributed by atoms with Gasteiger partial charge in [-0.3, -0.25) is 10.1 Å². The van der Waals surface area contributed by atoms with Crippen molar-refractivity contribution in [1.29, 1.82) is 0 Å². The van der Waals surface area contributed by atoms with Crippen LogP contribution in [0.1, 0.15) is 34.1 Å². The quantitative estimate of drug-likeness (QED) is 0.752. The summed E-state index contributed by atoms with van der Waals surface area (Å²) in [6.07, 6.45) is 5.56. The molecule has 1 amide bonds. The van der Waals surface area contributed by atoms with Gasteiger partial charge in [0.05, 0.1) is 11.9 Å². The Kier molecular flexibility index (Phi) is 4.53. The summed E-state index contributed by atoms with van der Waals surface area (Å²) in [6, 6.07) is 9.48. The summed E-state index contributed by atoms with van der Waals surface area (Å²) in [5.74, 6) is 0.233. The number of nitrogens with zero attached hydrogens (tertiary/aromatic N) is 4. The van der Waals surface area contributed by atoms with Gasteiger partial charge in [-0.1, -0.05) is 18.2 Å². The maximum Gasteiger partial charge on any atom is 0.279 e. The van der Waals surface area contributed by atoms with Crippen molar-refractivity contribution in [3.05, 3.63) is 53.3 Å². The lowest BCUT2D eigenvalue weighted by Crippen LogP contribution is -2.26. The summed E-state index contributed by atoms with van der Waals surface area (Å²) in [5, 5.41) is 15.2. The number of rotatable bonds is 4. The van der Waals surface area contributed by atoms with E-state index in [0.29, 0.717) is 11.0 Å². The number of nitrogens with one attached hydrogen (secondary N) is 2. The van der Waals surface area contributed by atoms with Crippen LogP contribution in [0.3, 0.4) is 0 Å². The zero-order valence-corrected chi connectivity index (χ0v) is 14.4. The van der Waals surface area contributed by atoms with Crippen molar-refractivity contribution >= 4 is 22.4 Å². The van der Waals surface area contributed by atoms with Crippen molar-refractivity contribution in [2.24, 2.45) is 0 Å². The highest BCUT2D eigenvalue weighted by Crippen LogP contribution is 2.31. The molecule has 7 nitrogen and oxygen atoms in total. The Morgan fingerprint density at radius 2 is 2.00 bits per heavy atom. The molecule has 8 heteroatoms. The lowest BCUT2D eigenvalue weighted by atomic mass is 9.97. The van der Waals surface area contributed by atoms with Gasteiger partial charge in [0.2, 0.25) is 0 Å². The number of anilines is 1. The molecule has 1 fully saturated rings. The molecule has 0 radical (unpaired) electrons. The maximum absolute atomic E-state index is 12.4. The van der Waals surface area contributed by atoms with E-state index in [2.05, 4.69) is 25.8 Å². The smallest absolute Gasteiger partial charge is 0.279 e. The molecule has 4 rings (SSSR count). The largest absolute Gasteiger partial charge is 0.317 e. The van der Waals surface area contributed by atoms with Gasteiger partial charge in [-0.25, -0.2) is 4.98 Å². The second kappa shape index (κ2) is 7.12. The first-order chi connectivity index (χ1) is 12.3. The fraction of sp³-hybridized carbons (Fsp3) is 0.294. The van der Waals surface area contributed by atoms with E-state index in [1.807, 2.05) is 36.5 Å². The molecule has 1 aliphatic rings. The van der Waals surface area contributed by atoms with Gasteiger partial charge in [0.1, 0.15) is 0 Å². The van der Waals surface area contributed by atoms with Crippen molar-refractivity contribution in [2.45, 2.75) is 18.8 Å². The number of thiazole rings is 1. The predicted molar refractivity (Wildman–Crippen MR) is 96.3 cm³/mol. The zero-order valence-electron chi connectivity index (χ0n) is 13.6. The Bertz CT molecular complexity index is 853. The first-order valence-corrected chi connectivity index (χ1v) is 9.07. The van der Waals surface area contributed by atoms with E-state index in [9.17, 15) is 4.79 Å². The van der Waals surface area contributed by atoms with E-state index in [-0.39, 0.29) is 11.6 Å². The monoisotopic (exact) mass is 354 g/mol. The molecule has 0 saturated carbocycles. The minimum Gasteiger partial charge on any atom is -0.317 e. The topological polar surface area (TPSA) is 84.7 Å². The molecule has 1 aliphatic heterocycles. The number of carbonyl (C=O) groups is 1. The Labute approximate surface area is 149 Å². The number of hydrogen-bond acceptors (Lipinski definition) is 6. The average molecular weight is 354 g/mol. The molecule has 3 aromatic rings. The van der Waals surface area contributed by atoms with Gasteiger partial charge in [0.25, 0.3) is 5.91 Å². The molecule has 25 heavy (non-hydrogen) atoms. The van der Waals surface area contributed by atoms with Crippen LogP contribution in [-0.2, 0) is 0 Å². The van der Waals surface area contributed by atoms with Crippen LogP contribution in [0.15, 0.2) is 42.7 Å². The Morgan fingerprint density at radius 1 is 1.20 bits per heavy atom. The van der Waals surface area contributed by atoms with E-state index < -0.39 is 0 Å².